The molecule has 0 saturated carbocycles. The lowest BCUT2D eigenvalue weighted by atomic mass is 10.3. The molecule has 0 aliphatic heterocycles. The Labute approximate surface area is 111 Å². The summed E-state index contributed by atoms with van der Waals surface area (Å²) in [5.74, 6) is -2.34. The Balaban J connectivity index is 2.33. The van der Waals surface area contributed by atoms with Crippen LogP contribution >= 0.6 is 11.8 Å². The van der Waals surface area contributed by atoms with Gasteiger partial charge in [-0.2, -0.15) is 0 Å². The summed E-state index contributed by atoms with van der Waals surface area (Å²) in [6.07, 6.45) is 1.11. The molecule has 7 heteroatoms. The molecule has 0 fully saturated rings. The molecule has 0 atom stereocenters. The number of rotatable bonds is 3. The highest BCUT2D eigenvalue weighted by atomic mass is 32.2. The molecule has 1 heterocycles. The summed E-state index contributed by atoms with van der Waals surface area (Å²) in [6.45, 7) is 0. The monoisotopic (exact) mass is 282 g/mol. The molecule has 1 aromatic heterocycles. The van der Waals surface area contributed by atoms with Gasteiger partial charge < -0.3 is 10.8 Å². The van der Waals surface area contributed by atoms with Crippen LogP contribution in [-0.2, 0) is 0 Å². The van der Waals surface area contributed by atoms with Crippen LogP contribution < -0.4 is 5.73 Å². The van der Waals surface area contributed by atoms with E-state index in [1.165, 1.54) is 6.07 Å². The number of halogens is 2. The molecular weight excluding hydrogens is 274 g/mol. The van der Waals surface area contributed by atoms with Crippen molar-refractivity contribution in [3.63, 3.8) is 0 Å². The number of carboxylic acids is 1. The van der Waals surface area contributed by atoms with E-state index in [0.29, 0.717) is 0 Å². The molecule has 1 aromatic carbocycles. The van der Waals surface area contributed by atoms with Crippen molar-refractivity contribution in [2.24, 2.45) is 0 Å². The highest BCUT2D eigenvalue weighted by Crippen LogP contribution is 2.32. The SMILES string of the molecule is Nc1cc(C(=O)O)cnc1Sc1cc(F)ccc1F. The number of carboxylic acid groups (broad SMARTS) is 1. The minimum absolute atomic E-state index is 0.0299. The molecule has 0 bridgehead atoms. The zero-order valence-electron chi connectivity index (χ0n) is 9.43. The maximum atomic E-state index is 13.4. The number of pyridine rings is 1. The molecule has 0 saturated heterocycles. The first kappa shape index (κ1) is 13.3. The van der Waals surface area contributed by atoms with Gasteiger partial charge >= 0.3 is 5.97 Å². The fraction of sp³-hybridized carbons (Fsp3) is 0. The number of aromatic carboxylic acids is 1. The number of benzene rings is 1. The minimum atomic E-state index is -1.16. The Morgan fingerprint density at radius 2 is 2.05 bits per heavy atom. The summed E-state index contributed by atoms with van der Waals surface area (Å²) in [7, 11) is 0. The molecule has 0 aliphatic rings. The molecule has 19 heavy (non-hydrogen) atoms. The van der Waals surface area contributed by atoms with Crippen LogP contribution in [-0.4, -0.2) is 16.1 Å². The van der Waals surface area contributed by atoms with Gasteiger partial charge in [0, 0.05) is 6.20 Å². The van der Waals surface area contributed by atoms with Crippen molar-refractivity contribution in [3.05, 3.63) is 47.7 Å². The van der Waals surface area contributed by atoms with Gasteiger partial charge in [0.1, 0.15) is 16.7 Å². The predicted molar refractivity (Wildman–Crippen MR) is 66.1 cm³/mol. The average Bonchev–Trinajstić information content (AvgIpc) is 2.36. The van der Waals surface area contributed by atoms with Crippen LogP contribution in [0.1, 0.15) is 10.4 Å². The van der Waals surface area contributed by atoms with Gasteiger partial charge in [0.25, 0.3) is 0 Å². The number of carbonyl (C=O) groups is 1. The fourth-order valence-corrected chi connectivity index (χ4v) is 2.16. The van der Waals surface area contributed by atoms with Crippen LogP contribution in [0.15, 0.2) is 40.4 Å². The highest BCUT2D eigenvalue weighted by Gasteiger charge is 2.12. The van der Waals surface area contributed by atoms with Crippen LogP contribution in [0.4, 0.5) is 14.5 Å². The van der Waals surface area contributed by atoms with Crippen LogP contribution in [0.5, 0.6) is 0 Å². The number of aromatic nitrogens is 1. The van der Waals surface area contributed by atoms with E-state index in [0.717, 1.165) is 36.2 Å². The van der Waals surface area contributed by atoms with Gasteiger partial charge in [-0.1, -0.05) is 11.8 Å². The van der Waals surface area contributed by atoms with Crippen molar-refractivity contribution in [2.45, 2.75) is 9.92 Å². The number of hydrogen-bond donors (Lipinski definition) is 2. The second-order valence-corrected chi connectivity index (χ2v) is 4.63. The standard InChI is InChI=1S/C12H8F2N2O2S/c13-7-1-2-8(14)10(4-7)19-11-9(15)3-6(5-16-11)12(17)18/h1-5H,15H2,(H,17,18). The Morgan fingerprint density at radius 3 is 2.68 bits per heavy atom. The van der Waals surface area contributed by atoms with E-state index in [1.54, 1.807) is 0 Å². The molecule has 2 rings (SSSR count). The largest absolute Gasteiger partial charge is 0.478 e. The van der Waals surface area contributed by atoms with E-state index in [-0.39, 0.29) is 21.2 Å². The van der Waals surface area contributed by atoms with Crippen LogP contribution in [0.25, 0.3) is 0 Å². The van der Waals surface area contributed by atoms with E-state index >= 15 is 0 Å². The van der Waals surface area contributed by atoms with Gasteiger partial charge in [0.2, 0.25) is 0 Å². The maximum absolute atomic E-state index is 13.4. The van der Waals surface area contributed by atoms with Gasteiger partial charge in [-0.3, -0.25) is 0 Å². The Hall–Kier alpha value is -2.15. The van der Waals surface area contributed by atoms with E-state index in [1.807, 2.05) is 0 Å². The molecule has 0 spiro atoms. The van der Waals surface area contributed by atoms with Crippen molar-refractivity contribution in [2.75, 3.05) is 5.73 Å². The second-order valence-electron chi connectivity index (χ2n) is 3.60. The first-order valence-electron chi connectivity index (χ1n) is 5.09. The molecule has 4 nitrogen and oxygen atoms in total. The minimum Gasteiger partial charge on any atom is -0.478 e. The smallest absolute Gasteiger partial charge is 0.337 e. The highest BCUT2D eigenvalue weighted by molar-refractivity contribution is 7.99. The third-order valence-electron chi connectivity index (χ3n) is 2.23. The molecule has 0 amide bonds. The summed E-state index contributed by atoms with van der Waals surface area (Å²) in [5, 5.41) is 8.98. The van der Waals surface area contributed by atoms with Gasteiger partial charge in [0.05, 0.1) is 16.1 Å². The van der Waals surface area contributed by atoms with Gasteiger partial charge in [-0.25, -0.2) is 18.6 Å². The van der Waals surface area contributed by atoms with Crippen molar-refractivity contribution in [1.82, 2.24) is 4.98 Å². The fourth-order valence-electron chi connectivity index (χ4n) is 1.33. The number of nitrogens with two attached hydrogens (primary N) is 1. The van der Waals surface area contributed by atoms with Crippen molar-refractivity contribution >= 4 is 23.4 Å². The van der Waals surface area contributed by atoms with Crippen LogP contribution in [0.3, 0.4) is 0 Å². The Morgan fingerprint density at radius 1 is 1.32 bits per heavy atom. The lowest BCUT2D eigenvalue weighted by Gasteiger charge is -2.06. The van der Waals surface area contributed by atoms with Crippen molar-refractivity contribution < 1.29 is 18.7 Å². The van der Waals surface area contributed by atoms with E-state index in [4.69, 9.17) is 10.8 Å². The number of nitrogen functional groups attached to an aromatic ring is 1. The summed E-state index contributed by atoms with van der Waals surface area (Å²) < 4.78 is 26.5. The molecule has 2 aromatic rings. The second kappa shape index (κ2) is 5.23. The van der Waals surface area contributed by atoms with E-state index in [2.05, 4.69) is 4.98 Å². The quantitative estimate of drug-likeness (QED) is 0.905. The Bertz CT molecular complexity index is 650. The molecule has 3 N–H and O–H groups in total. The molecular formula is C12H8F2N2O2S. The third-order valence-corrected chi connectivity index (χ3v) is 3.29. The van der Waals surface area contributed by atoms with Gasteiger partial charge in [0.15, 0.2) is 0 Å². The van der Waals surface area contributed by atoms with E-state index < -0.39 is 17.6 Å². The number of nitrogens with zero attached hydrogens (tertiary/aromatic N) is 1. The first-order chi connectivity index (χ1) is 8.97. The number of hydrogen-bond acceptors (Lipinski definition) is 4. The normalized spacial score (nSPS) is 10.4. The molecule has 98 valence electrons. The number of anilines is 1. The van der Waals surface area contributed by atoms with Crippen molar-refractivity contribution in [3.8, 4) is 0 Å². The maximum Gasteiger partial charge on any atom is 0.337 e. The summed E-state index contributed by atoms with van der Waals surface area (Å²) in [5.41, 5.74) is 5.66. The summed E-state index contributed by atoms with van der Waals surface area (Å²) in [4.78, 5) is 14.6. The lowest BCUT2D eigenvalue weighted by Crippen LogP contribution is -2.01. The molecule has 0 unspecified atom stereocenters. The zero-order valence-corrected chi connectivity index (χ0v) is 10.2. The molecule has 0 radical (unpaired) electrons. The Kier molecular flexibility index (Phi) is 3.66. The first-order valence-corrected chi connectivity index (χ1v) is 5.90. The van der Waals surface area contributed by atoms with E-state index in [9.17, 15) is 13.6 Å². The van der Waals surface area contributed by atoms with Crippen LogP contribution in [0, 0.1) is 11.6 Å². The predicted octanol–water partition coefficient (Wildman–Crippen LogP) is 2.79. The summed E-state index contributed by atoms with van der Waals surface area (Å²) in [6, 6.07) is 4.24. The topological polar surface area (TPSA) is 76.2 Å². The lowest BCUT2D eigenvalue weighted by molar-refractivity contribution is 0.0696. The van der Waals surface area contributed by atoms with Gasteiger partial charge in [-0.15, -0.1) is 0 Å². The third kappa shape index (κ3) is 3.00. The molecule has 0 aliphatic carbocycles. The van der Waals surface area contributed by atoms with Crippen LogP contribution in [0.2, 0.25) is 0 Å². The average molecular weight is 282 g/mol. The summed E-state index contributed by atoms with van der Waals surface area (Å²) >= 11 is 0.831. The van der Waals surface area contributed by atoms with Crippen molar-refractivity contribution in [1.29, 1.82) is 0 Å². The zero-order chi connectivity index (χ0) is 14.0. The van der Waals surface area contributed by atoms with Gasteiger partial charge in [-0.05, 0) is 24.3 Å².